The molecule has 10 aromatic rings. The number of rotatable bonds is 6. The van der Waals surface area contributed by atoms with Crippen molar-refractivity contribution >= 4 is 44.2 Å². The van der Waals surface area contributed by atoms with Crippen LogP contribution in [-0.4, -0.2) is 16.2 Å². The number of hydrogen-bond donors (Lipinski definition) is 1. The minimum absolute atomic E-state index is 0.140. The molecule has 12 rings (SSSR count). The van der Waals surface area contributed by atoms with Gasteiger partial charge in [0.25, 0.3) is 0 Å². The molecule has 4 heteroatoms. The number of hydrogen-bond acceptors (Lipinski definition) is 2. The van der Waals surface area contributed by atoms with Gasteiger partial charge in [-0.05, 0) is 81.2 Å². The van der Waals surface area contributed by atoms with Crippen LogP contribution in [0, 0.1) is 0 Å². The fraction of sp³-hybridized carbons (Fsp3) is 0.0357. The molecule has 1 aliphatic heterocycles. The molecule has 9 aromatic carbocycles. The number of benzene rings is 9. The Kier molecular flexibility index (Phi) is 7.87. The summed E-state index contributed by atoms with van der Waals surface area (Å²) in [6, 6.07) is 79.3. The SMILES string of the molecule is c1ccc(C2=NC(c3ccc(-n4c5cc(C6(c7ccccc7)c7ccccc7-c7ccccc76)ccc5c5ccc6ccccc6c54)cc3)=NC(c3ccccc3)[NH2+]2)cc1. The van der Waals surface area contributed by atoms with Crippen molar-refractivity contribution in [2.24, 2.45) is 9.98 Å². The van der Waals surface area contributed by atoms with Crippen LogP contribution in [0.3, 0.4) is 0 Å². The van der Waals surface area contributed by atoms with E-state index < -0.39 is 5.41 Å². The summed E-state index contributed by atoms with van der Waals surface area (Å²) in [6.45, 7) is 0. The highest BCUT2D eigenvalue weighted by Gasteiger charge is 2.46. The molecule has 1 unspecified atom stereocenters. The Balaban J connectivity index is 1.08. The van der Waals surface area contributed by atoms with Gasteiger partial charge in [-0.2, -0.15) is 4.99 Å². The van der Waals surface area contributed by atoms with Gasteiger partial charge in [0.1, 0.15) is 0 Å². The molecule has 0 spiro atoms. The normalized spacial score (nSPS) is 15.4. The topological polar surface area (TPSA) is 46.3 Å². The van der Waals surface area contributed by atoms with E-state index in [4.69, 9.17) is 9.98 Å². The standard InChI is InChI=1S/C56H38N4/c1-4-17-38(18-5-1)53-57-54(39-19-6-2-7-20-39)59-55(58-53)40-28-32-43(33-29-40)60-51-36-42(31-35-47(51)48-34-30-37-16-10-11-23-44(37)52(48)60)56(41-21-8-3-9-22-41)49-26-14-12-24-45(49)46-25-13-15-27-50(46)56/h1-36,53H,(H,57,58,59)/p+1. The third-order valence-electron chi connectivity index (χ3n) is 12.6. The first-order valence-corrected chi connectivity index (χ1v) is 20.7. The summed E-state index contributed by atoms with van der Waals surface area (Å²) in [5.74, 6) is 1.66. The van der Waals surface area contributed by atoms with E-state index in [9.17, 15) is 0 Å². The zero-order valence-corrected chi connectivity index (χ0v) is 32.8. The summed E-state index contributed by atoms with van der Waals surface area (Å²) in [6.07, 6.45) is -0.140. The lowest BCUT2D eigenvalue weighted by Crippen LogP contribution is -2.89. The Morgan fingerprint density at radius 2 is 1.08 bits per heavy atom. The molecular weight excluding hydrogens is 729 g/mol. The van der Waals surface area contributed by atoms with E-state index in [1.165, 1.54) is 66.0 Å². The van der Waals surface area contributed by atoms with Crippen LogP contribution in [0.15, 0.2) is 228 Å². The number of aliphatic imine (C=N–C) groups is 2. The lowest BCUT2D eigenvalue weighted by Gasteiger charge is -2.34. The minimum atomic E-state index is -0.504. The van der Waals surface area contributed by atoms with Crippen LogP contribution in [0.4, 0.5) is 0 Å². The molecule has 4 nitrogen and oxygen atoms in total. The highest BCUT2D eigenvalue weighted by molar-refractivity contribution is 6.19. The molecule has 2 heterocycles. The average molecular weight is 768 g/mol. The maximum atomic E-state index is 5.23. The zero-order valence-electron chi connectivity index (χ0n) is 32.8. The lowest BCUT2D eigenvalue weighted by atomic mass is 9.67. The molecular formula is C56H39N4+. The number of nitrogens with zero attached hydrogens (tertiary/aromatic N) is 3. The lowest BCUT2D eigenvalue weighted by molar-refractivity contribution is -0.586. The van der Waals surface area contributed by atoms with Crippen molar-refractivity contribution in [3.8, 4) is 16.8 Å². The molecule has 2 aliphatic rings. The maximum Gasteiger partial charge on any atom is 0.235 e. The van der Waals surface area contributed by atoms with Crippen LogP contribution >= 0.6 is 0 Å². The van der Waals surface area contributed by atoms with Gasteiger partial charge in [0.15, 0.2) is 5.84 Å². The van der Waals surface area contributed by atoms with Crippen molar-refractivity contribution in [1.29, 1.82) is 0 Å². The van der Waals surface area contributed by atoms with E-state index in [-0.39, 0.29) is 6.17 Å². The first-order chi connectivity index (χ1) is 29.8. The quantitative estimate of drug-likeness (QED) is 0.175. The largest absolute Gasteiger partial charge is 0.309 e. The number of fused-ring (bicyclic) bond motifs is 8. The summed E-state index contributed by atoms with van der Waals surface area (Å²) in [5, 5.41) is 7.07. The van der Waals surface area contributed by atoms with E-state index in [1.807, 2.05) is 6.07 Å². The molecule has 2 N–H and O–H groups in total. The van der Waals surface area contributed by atoms with E-state index in [0.717, 1.165) is 34.0 Å². The summed E-state index contributed by atoms with van der Waals surface area (Å²) >= 11 is 0. The number of amidine groups is 2. The average Bonchev–Trinajstić information content (AvgIpc) is 3.83. The van der Waals surface area contributed by atoms with Gasteiger partial charge >= 0.3 is 0 Å². The fourth-order valence-corrected chi connectivity index (χ4v) is 9.98. The van der Waals surface area contributed by atoms with Gasteiger partial charge in [-0.3, -0.25) is 5.32 Å². The predicted octanol–water partition coefficient (Wildman–Crippen LogP) is 11.8. The number of quaternary nitrogens is 1. The van der Waals surface area contributed by atoms with Gasteiger partial charge in [-0.1, -0.05) is 176 Å². The Morgan fingerprint density at radius 3 is 1.82 bits per heavy atom. The van der Waals surface area contributed by atoms with Gasteiger partial charge in [0.2, 0.25) is 12.0 Å². The molecule has 0 radical (unpaired) electrons. The molecule has 1 atom stereocenters. The van der Waals surface area contributed by atoms with Crippen molar-refractivity contribution in [1.82, 2.24) is 4.57 Å². The van der Waals surface area contributed by atoms with Crippen LogP contribution in [0.25, 0.3) is 49.4 Å². The predicted molar refractivity (Wildman–Crippen MR) is 246 cm³/mol. The number of nitrogens with two attached hydrogens (primary N) is 1. The van der Waals surface area contributed by atoms with Crippen LogP contribution in [0.2, 0.25) is 0 Å². The molecule has 1 aromatic heterocycles. The van der Waals surface area contributed by atoms with Crippen molar-refractivity contribution in [2.75, 3.05) is 0 Å². The second-order valence-electron chi connectivity index (χ2n) is 15.8. The minimum Gasteiger partial charge on any atom is -0.309 e. The molecule has 282 valence electrons. The smallest absolute Gasteiger partial charge is 0.235 e. The van der Waals surface area contributed by atoms with E-state index >= 15 is 0 Å². The third kappa shape index (κ3) is 5.21. The van der Waals surface area contributed by atoms with Crippen LogP contribution in [0.1, 0.15) is 45.1 Å². The Labute approximate surface area is 348 Å². The Hall–Kier alpha value is -7.66. The summed E-state index contributed by atoms with van der Waals surface area (Å²) < 4.78 is 2.48. The van der Waals surface area contributed by atoms with Gasteiger partial charge in [-0.15, -0.1) is 0 Å². The molecule has 0 saturated heterocycles. The van der Waals surface area contributed by atoms with E-state index in [1.54, 1.807) is 0 Å². The molecule has 0 fully saturated rings. The monoisotopic (exact) mass is 767 g/mol. The fourth-order valence-electron chi connectivity index (χ4n) is 9.98. The van der Waals surface area contributed by atoms with Crippen molar-refractivity contribution in [3.05, 3.63) is 257 Å². The van der Waals surface area contributed by atoms with Gasteiger partial charge in [0, 0.05) is 33.0 Å². The first-order valence-electron chi connectivity index (χ1n) is 20.7. The van der Waals surface area contributed by atoms with Crippen molar-refractivity contribution in [2.45, 2.75) is 11.6 Å². The van der Waals surface area contributed by atoms with Crippen LogP contribution in [-0.2, 0) is 5.41 Å². The first kappa shape index (κ1) is 34.4. The zero-order chi connectivity index (χ0) is 39.6. The van der Waals surface area contributed by atoms with Gasteiger partial charge in [0.05, 0.1) is 22.0 Å². The highest BCUT2D eigenvalue weighted by Crippen LogP contribution is 2.56. The van der Waals surface area contributed by atoms with Crippen molar-refractivity contribution < 1.29 is 5.32 Å². The second kappa shape index (κ2) is 13.7. The highest BCUT2D eigenvalue weighted by atomic mass is 15.2. The third-order valence-corrected chi connectivity index (χ3v) is 12.6. The summed E-state index contributed by atoms with van der Waals surface area (Å²) in [7, 11) is 0. The molecule has 60 heavy (non-hydrogen) atoms. The van der Waals surface area contributed by atoms with Gasteiger partial charge in [-0.25, -0.2) is 4.99 Å². The molecule has 0 amide bonds. The molecule has 1 aliphatic carbocycles. The van der Waals surface area contributed by atoms with Crippen molar-refractivity contribution in [3.63, 3.8) is 0 Å². The Morgan fingerprint density at radius 1 is 0.467 bits per heavy atom. The van der Waals surface area contributed by atoms with Gasteiger partial charge < -0.3 is 4.57 Å². The Bertz CT molecular complexity index is 3280. The van der Waals surface area contributed by atoms with Crippen LogP contribution < -0.4 is 5.32 Å². The maximum absolute atomic E-state index is 5.23. The summed E-state index contributed by atoms with van der Waals surface area (Å²) in [4.78, 5) is 10.4. The van der Waals surface area contributed by atoms with E-state index in [2.05, 4.69) is 222 Å². The number of aromatic nitrogens is 1. The molecule has 0 saturated carbocycles. The second-order valence-corrected chi connectivity index (χ2v) is 15.8. The summed E-state index contributed by atoms with van der Waals surface area (Å²) in [5.41, 5.74) is 13.8. The van der Waals surface area contributed by atoms with E-state index in [0.29, 0.717) is 0 Å². The molecule has 0 bridgehead atoms. The van der Waals surface area contributed by atoms with Crippen LogP contribution in [0.5, 0.6) is 0 Å².